The zero-order valence-electron chi connectivity index (χ0n) is 13.1. The quantitative estimate of drug-likeness (QED) is 0.894. The third-order valence-electron chi connectivity index (χ3n) is 4.82. The molecule has 1 saturated heterocycles. The molecule has 114 valence electrons. The molecular formula is C18H26NO2+. The molecule has 3 heteroatoms. The van der Waals surface area contributed by atoms with Gasteiger partial charge in [0.25, 0.3) is 0 Å². The summed E-state index contributed by atoms with van der Waals surface area (Å²) in [5.41, 5.74) is 0.470. The lowest BCUT2D eigenvalue weighted by molar-refractivity contribution is -0.931. The molecule has 0 saturated carbocycles. The zero-order valence-corrected chi connectivity index (χ0v) is 13.1. The lowest BCUT2D eigenvalue weighted by Gasteiger charge is -2.30. The summed E-state index contributed by atoms with van der Waals surface area (Å²) in [6.07, 6.45) is 6.53. The number of aliphatic hydroxyl groups is 1. The normalized spacial score (nSPS) is 27.2. The summed E-state index contributed by atoms with van der Waals surface area (Å²) in [4.78, 5) is 1.57. The standard InChI is InChI=1S/C18H25NO2/c1-3-18(2,20)13-16-17(19-11-7-4-8-12-19)14-9-5-6-10-15(14)21-16/h5-6,9-10,13,17,20H,3-4,7-8,11-12H2,1-2H3/p+1/b16-13+/t17-,18+/m1/s1. The van der Waals surface area contributed by atoms with E-state index in [2.05, 4.69) is 12.1 Å². The number of nitrogens with one attached hydrogen (secondary N) is 1. The van der Waals surface area contributed by atoms with Crippen LogP contribution in [0.5, 0.6) is 5.75 Å². The molecule has 2 aliphatic heterocycles. The molecule has 2 aliphatic rings. The van der Waals surface area contributed by atoms with Gasteiger partial charge in [0, 0.05) is 0 Å². The van der Waals surface area contributed by atoms with E-state index in [9.17, 15) is 5.11 Å². The van der Waals surface area contributed by atoms with E-state index >= 15 is 0 Å². The summed E-state index contributed by atoms with van der Waals surface area (Å²) >= 11 is 0. The van der Waals surface area contributed by atoms with E-state index in [1.807, 2.05) is 32.1 Å². The molecule has 2 heterocycles. The average molecular weight is 288 g/mol. The highest BCUT2D eigenvalue weighted by molar-refractivity contribution is 5.44. The fourth-order valence-corrected chi connectivity index (χ4v) is 3.39. The van der Waals surface area contributed by atoms with Gasteiger partial charge in [-0.25, -0.2) is 0 Å². The molecule has 0 unspecified atom stereocenters. The molecular weight excluding hydrogens is 262 g/mol. The summed E-state index contributed by atoms with van der Waals surface area (Å²) < 4.78 is 6.09. The van der Waals surface area contributed by atoms with Gasteiger partial charge in [0.2, 0.25) is 0 Å². The van der Waals surface area contributed by atoms with Gasteiger partial charge in [-0.3, -0.25) is 0 Å². The number of benzene rings is 1. The first-order valence-electron chi connectivity index (χ1n) is 8.17. The third kappa shape index (κ3) is 2.99. The number of fused-ring (bicyclic) bond motifs is 1. The molecule has 3 nitrogen and oxygen atoms in total. The van der Waals surface area contributed by atoms with Gasteiger partial charge >= 0.3 is 0 Å². The molecule has 3 rings (SSSR count). The minimum Gasteiger partial charge on any atom is -0.455 e. The molecule has 1 fully saturated rings. The van der Waals surface area contributed by atoms with Crippen molar-refractivity contribution in [2.75, 3.05) is 13.1 Å². The predicted molar refractivity (Wildman–Crippen MR) is 83.4 cm³/mol. The number of hydrogen-bond acceptors (Lipinski definition) is 2. The van der Waals surface area contributed by atoms with E-state index < -0.39 is 5.60 Å². The number of likely N-dealkylation sites (tertiary alicyclic amines) is 1. The molecule has 2 atom stereocenters. The van der Waals surface area contributed by atoms with E-state index in [0.29, 0.717) is 6.42 Å². The first kappa shape index (κ1) is 14.6. The van der Waals surface area contributed by atoms with Crippen LogP contribution in [0.3, 0.4) is 0 Å². The van der Waals surface area contributed by atoms with Crippen LogP contribution >= 0.6 is 0 Å². The van der Waals surface area contributed by atoms with Crippen molar-refractivity contribution >= 4 is 0 Å². The highest BCUT2D eigenvalue weighted by Crippen LogP contribution is 2.38. The number of rotatable bonds is 3. The Balaban J connectivity index is 1.96. The fourth-order valence-electron chi connectivity index (χ4n) is 3.39. The Hall–Kier alpha value is -1.32. The van der Waals surface area contributed by atoms with Crippen LogP contribution in [0.15, 0.2) is 36.1 Å². The molecule has 0 amide bonds. The summed E-state index contributed by atoms with van der Waals surface area (Å²) in [6.45, 7) is 6.23. The summed E-state index contributed by atoms with van der Waals surface area (Å²) in [5.74, 6) is 1.89. The number of ether oxygens (including phenoxy) is 1. The van der Waals surface area contributed by atoms with Gasteiger partial charge in [0.05, 0.1) is 24.3 Å². The topological polar surface area (TPSA) is 33.9 Å². The van der Waals surface area contributed by atoms with E-state index in [0.717, 1.165) is 11.5 Å². The first-order chi connectivity index (χ1) is 10.1. The van der Waals surface area contributed by atoms with Crippen molar-refractivity contribution in [1.29, 1.82) is 0 Å². The second kappa shape index (κ2) is 5.82. The van der Waals surface area contributed by atoms with Crippen molar-refractivity contribution in [3.8, 4) is 5.75 Å². The monoisotopic (exact) mass is 288 g/mol. The maximum absolute atomic E-state index is 10.4. The van der Waals surface area contributed by atoms with Crippen LogP contribution in [0, 0.1) is 0 Å². The lowest BCUT2D eigenvalue weighted by Crippen LogP contribution is -3.13. The van der Waals surface area contributed by atoms with E-state index in [-0.39, 0.29) is 6.04 Å². The average Bonchev–Trinajstić information content (AvgIpc) is 2.85. The summed E-state index contributed by atoms with van der Waals surface area (Å²) in [6, 6.07) is 8.55. The maximum atomic E-state index is 10.4. The van der Waals surface area contributed by atoms with Crippen LogP contribution < -0.4 is 9.64 Å². The zero-order chi connectivity index (χ0) is 14.9. The van der Waals surface area contributed by atoms with Crippen LogP contribution in [-0.4, -0.2) is 23.8 Å². The molecule has 0 radical (unpaired) electrons. The summed E-state index contributed by atoms with van der Waals surface area (Å²) in [5, 5.41) is 10.4. The highest BCUT2D eigenvalue weighted by Gasteiger charge is 2.39. The Morgan fingerprint density at radius 3 is 2.71 bits per heavy atom. The van der Waals surface area contributed by atoms with Crippen molar-refractivity contribution < 1.29 is 14.7 Å². The third-order valence-corrected chi connectivity index (χ3v) is 4.82. The summed E-state index contributed by atoms with van der Waals surface area (Å²) in [7, 11) is 0. The number of hydrogen-bond donors (Lipinski definition) is 2. The van der Waals surface area contributed by atoms with Gasteiger partial charge in [0.15, 0.2) is 11.8 Å². The fraction of sp³-hybridized carbons (Fsp3) is 0.556. The van der Waals surface area contributed by atoms with Crippen molar-refractivity contribution in [2.24, 2.45) is 0 Å². The second-order valence-corrected chi connectivity index (χ2v) is 6.55. The highest BCUT2D eigenvalue weighted by atomic mass is 16.5. The van der Waals surface area contributed by atoms with Crippen molar-refractivity contribution in [3.63, 3.8) is 0 Å². The lowest BCUT2D eigenvalue weighted by atomic mass is 9.97. The number of piperidine rings is 1. The smallest absolute Gasteiger partial charge is 0.175 e. The minimum absolute atomic E-state index is 0.250. The predicted octanol–water partition coefficient (Wildman–Crippen LogP) is 2.23. The maximum Gasteiger partial charge on any atom is 0.175 e. The Labute approximate surface area is 127 Å². The molecule has 2 N–H and O–H groups in total. The molecule has 0 aliphatic carbocycles. The molecule has 1 aromatic carbocycles. The SMILES string of the molecule is CC[C@](C)(O)/C=C1/Oc2ccccc2[C@H]1[NH+]1CCCCC1. The molecule has 0 spiro atoms. The van der Waals surface area contributed by atoms with Crippen molar-refractivity contribution in [1.82, 2.24) is 0 Å². The van der Waals surface area contributed by atoms with Crippen LogP contribution in [0.25, 0.3) is 0 Å². The largest absolute Gasteiger partial charge is 0.455 e. The first-order valence-corrected chi connectivity index (χ1v) is 8.17. The van der Waals surface area contributed by atoms with Crippen LogP contribution in [0.1, 0.15) is 51.1 Å². The molecule has 21 heavy (non-hydrogen) atoms. The van der Waals surface area contributed by atoms with Gasteiger partial charge in [-0.1, -0.05) is 19.1 Å². The van der Waals surface area contributed by atoms with Crippen LogP contribution in [-0.2, 0) is 0 Å². The molecule has 0 bridgehead atoms. The Kier molecular flexibility index (Phi) is 4.05. The van der Waals surface area contributed by atoms with Gasteiger partial charge in [-0.2, -0.15) is 0 Å². The van der Waals surface area contributed by atoms with E-state index in [1.165, 1.54) is 37.9 Å². The van der Waals surface area contributed by atoms with Gasteiger partial charge in [-0.15, -0.1) is 0 Å². The van der Waals surface area contributed by atoms with Gasteiger partial charge in [-0.05, 0) is 50.8 Å². The molecule has 1 aromatic rings. The number of quaternary nitrogens is 1. The van der Waals surface area contributed by atoms with Crippen LogP contribution in [0.4, 0.5) is 0 Å². The Bertz CT molecular complexity index is 530. The minimum atomic E-state index is -0.801. The Morgan fingerprint density at radius 2 is 2.00 bits per heavy atom. The van der Waals surface area contributed by atoms with Crippen molar-refractivity contribution in [2.45, 2.75) is 51.2 Å². The van der Waals surface area contributed by atoms with Gasteiger partial charge < -0.3 is 14.7 Å². The number of para-hydroxylation sites is 1. The van der Waals surface area contributed by atoms with E-state index in [1.54, 1.807) is 4.90 Å². The second-order valence-electron chi connectivity index (χ2n) is 6.55. The van der Waals surface area contributed by atoms with Gasteiger partial charge in [0.1, 0.15) is 5.75 Å². The van der Waals surface area contributed by atoms with E-state index in [4.69, 9.17) is 4.74 Å². The van der Waals surface area contributed by atoms with Crippen molar-refractivity contribution in [3.05, 3.63) is 41.7 Å². The van der Waals surface area contributed by atoms with Crippen LogP contribution in [0.2, 0.25) is 0 Å². The molecule has 0 aromatic heterocycles. The Morgan fingerprint density at radius 1 is 1.29 bits per heavy atom.